The number of urea groups is 1. The van der Waals surface area contributed by atoms with Crippen LogP contribution < -0.4 is 26.8 Å². The first-order chi connectivity index (χ1) is 19.0. The molecule has 0 fully saturated rings. The fraction of sp³-hybridized carbons (Fsp3) is 0.115. The van der Waals surface area contributed by atoms with Crippen molar-refractivity contribution in [1.29, 1.82) is 0 Å². The molecule has 0 radical (unpaired) electrons. The van der Waals surface area contributed by atoms with E-state index in [2.05, 4.69) is 15.6 Å². The Bertz CT molecular complexity index is 1730. The molecule has 0 aliphatic rings. The van der Waals surface area contributed by atoms with Crippen molar-refractivity contribution in [3.63, 3.8) is 0 Å². The molecule has 0 saturated carbocycles. The van der Waals surface area contributed by atoms with Gasteiger partial charge in [0.25, 0.3) is 0 Å². The van der Waals surface area contributed by atoms with Gasteiger partial charge in [0.2, 0.25) is 0 Å². The Labute approximate surface area is 238 Å². The number of para-hydroxylation sites is 2. The van der Waals surface area contributed by atoms with E-state index < -0.39 is 26.8 Å². The zero-order chi connectivity index (χ0) is 28.9. The van der Waals surface area contributed by atoms with Crippen LogP contribution in [0.5, 0.6) is 5.75 Å². The van der Waals surface area contributed by atoms with Crippen molar-refractivity contribution in [2.24, 2.45) is 0 Å². The molecule has 0 aliphatic heterocycles. The Balaban J connectivity index is 1.38. The zero-order valence-electron chi connectivity index (χ0n) is 20.6. The Morgan fingerprint density at radius 2 is 1.80 bits per heavy atom. The maximum Gasteiger partial charge on any atom is 0.349 e. The lowest BCUT2D eigenvalue weighted by Crippen LogP contribution is -2.25. The Morgan fingerprint density at radius 1 is 1.02 bits per heavy atom. The van der Waals surface area contributed by atoms with Gasteiger partial charge in [-0.05, 0) is 54.4 Å². The number of halogens is 3. The molecule has 40 heavy (non-hydrogen) atoms. The van der Waals surface area contributed by atoms with Gasteiger partial charge in [0.1, 0.15) is 16.5 Å². The minimum Gasteiger partial charge on any atom is -0.491 e. The molecular weight excluding hydrogens is 584 g/mol. The van der Waals surface area contributed by atoms with E-state index in [1.807, 2.05) is 0 Å². The largest absolute Gasteiger partial charge is 0.491 e. The summed E-state index contributed by atoms with van der Waals surface area (Å²) < 4.78 is 42.7. The van der Waals surface area contributed by atoms with Crippen molar-refractivity contribution < 1.29 is 21.8 Å². The third-order valence-corrected chi connectivity index (χ3v) is 7.12. The summed E-state index contributed by atoms with van der Waals surface area (Å²) in [5.41, 5.74) is 7.03. The summed E-state index contributed by atoms with van der Waals surface area (Å²) in [6, 6.07) is 15.7. The second-order valence-electron chi connectivity index (χ2n) is 8.39. The average Bonchev–Trinajstić information content (AvgIpc) is 2.90. The first-order valence-corrected chi connectivity index (χ1v) is 13.8. The highest BCUT2D eigenvalue weighted by atomic mass is 35.5. The Hall–Kier alpha value is -4.13. The van der Waals surface area contributed by atoms with Gasteiger partial charge in [-0.2, -0.15) is 13.4 Å². The number of benzene rings is 3. The van der Waals surface area contributed by atoms with Crippen LogP contribution in [0.1, 0.15) is 6.42 Å². The number of ether oxygens (including phenoxy) is 1. The molecule has 4 aromatic rings. The summed E-state index contributed by atoms with van der Waals surface area (Å²) in [5, 5.41) is 5.78. The van der Waals surface area contributed by atoms with Crippen molar-refractivity contribution in [3.05, 3.63) is 93.5 Å². The lowest BCUT2D eigenvalue weighted by Gasteiger charge is -2.14. The predicted molar refractivity (Wildman–Crippen MR) is 152 cm³/mol. The number of carbonyl (C=O) groups is 1. The predicted octanol–water partition coefficient (Wildman–Crippen LogP) is 5.57. The third-order valence-electron chi connectivity index (χ3n) is 5.56. The van der Waals surface area contributed by atoms with E-state index in [1.54, 1.807) is 48.7 Å². The van der Waals surface area contributed by atoms with Crippen molar-refractivity contribution >= 4 is 56.6 Å². The average molecular weight is 606 g/mol. The molecule has 0 atom stereocenters. The molecule has 10 nitrogen and oxygen atoms in total. The van der Waals surface area contributed by atoms with E-state index in [1.165, 1.54) is 16.7 Å². The molecular formula is C26H22Cl2FN5O5S. The van der Waals surface area contributed by atoms with Crippen molar-refractivity contribution in [1.82, 2.24) is 9.55 Å². The van der Waals surface area contributed by atoms with E-state index in [0.29, 0.717) is 39.0 Å². The van der Waals surface area contributed by atoms with E-state index in [-0.39, 0.29) is 24.7 Å². The van der Waals surface area contributed by atoms with Crippen LogP contribution in [0.15, 0.2) is 82.6 Å². The van der Waals surface area contributed by atoms with Gasteiger partial charge >= 0.3 is 21.9 Å². The topological polar surface area (TPSA) is 145 Å². The fourth-order valence-electron chi connectivity index (χ4n) is 3.67. The molecule has 2 amide bonds. The van der Waals surface area contributed by atoms with Gasteiger partial charge in [0.05, 0.1) is 22.3 Å². The molecule has 1 aromatic heterocycles. The molecule has 0 saturated heterocycles. The van der Waals surface area contributed by atoms with Crippen LogP contribution in [0, 0.1) is 0 Å². The number of anilines is 3. The molecule has 14 heteroatoms. The molecule has 4 N–H and O–H groups in total. The maximum atomic E-state index is 13.2. The van der Waals surface area contributed by atoms with Gasteiger partial charge in [-0.3, -0.25) is 4.57 Å². The zero-order valence-corrected chi connectivity index (χ0v) is 22.9. The lowest BCUT2D eigenvalue weighted by molar-refractivity contribution is 0.261. The van der Waals surface area contributed by atoms with Crippen molar-refractivity contribution in [2.45, 2.75) is 17.9 Å². The normalized spacial score (nSPS) is 11.2. The first kappa shape index (κ1) is 28.9. The highest BCUT2D eigenvalue weighted by Crippen LogP contribution is 2.30. The molecule has 4 rings (SSSR count). The van der Waals surface area contributed by atoms with Crippen LogP contribution in [0.3, 0.4) is 0 Å². The number of nitrogen functional groups attached to an aromatic ring is 1. The van der Waals surface area contributed by atoms with Crippen LogP contribution in [-0.2, 0) is 16.8 Å². The third kappa shape index (κ3) is 7.29. The summed E-state index contributed by atoms with van der Waals surface area (Å²) >= 11 is 12.1. The molecule has 3 aromatic carbocycles. The molecule has 0 unspecified atom stereocenters. The summed E-state index contributed by atoms with van der Waals surface area (Å²) in [4.78, 5) is 28.2. The van der Waals surface area contributed by atoms with Gasteiger partial charge in [0, 0.05) is 24.0 Å². The van der Waals surface area contributed by atoms with Crippen molar-refractivity contribution in [2.75, 3.05) is 23.0 Å². The molecule has 0 aliphatic carbocycles. The molecule has 0 bridgehead atoms. The van der Waals surface area contributed by atoms with Crippen LogP contribution in [0.4, 0.5) is 25.9 Å². The maximum absolute atomic E-state index is 13.2. The SMILES string of the molecule is Nc1nc(=O)n(CCCOc2ccccc2NC(=O)Nc2cccc(S(=O)(=O)F)c2)cc1-c1ccc(Cl)c(Cl)c1. The summed E-state index contributed by atoms with van der Waals surface area (Å²) in [5.74, 6) is 0.421. The second-order valence-corrected chi connectivity index (χ2v) is 10.5. The highest BCUT2D eigenvalue weighted by molar-refractivity contribution is 7.86. The Kier molecular flexibility index (Phi) is 8.93. The molecule has 0 spiro atoms. The monoisotopic (exact) mass is 605 g/mol. The number of carbonyl (C=O) groups excluding carboxylic acids is 1. The number of amides is 2. The number of aromatic nitrogens is 2. The summed E-state index contributed by atoms with van der Waals surface area (Å²) in [6.45, 7) is 0.458. The minimum atomic E-state index is -4.92. The molecule has 208 valence electrons. The van der Waals surface area contributed by atoms with E-state index in [4.69, 9.17) is 33.7 Å². The lowest BCUT2D eigenvalue weighted by atomic mass is 10.1. The number of nitrogens with one attached hydrogen (secondary N) is 2. The second kappa shape index (κ2) is 12.4. The summed E-state index contributed by atoms with van der Waals surface area (Å²) in [6.07, 6.45) is 2.00. The number of nitrogens with zero attached hydrogens (tertiary/aromatic N) is 2. The number of rotatable bonds is 9. The standard InChI is InChI=1S/C26H22Cl2FN5O5S/c27-20-10-9-16(13-21(20)28)19-15-34(26(36)33-24(19)30)11-4-12-39-23-8-2-1-7-22(23)32-25(35)31-17-5-3-6-18(14-17)40(29,37)38/h1-3,5-10,13-15H,4,11-12H2,(H2,30,33,36)(H2,31,32,35). The minimum absolute atomic E-state index is 0.0622. The van der Waals surface area contributed by atoms with Gasteiger partial charge in [0.15, 0.2) is 0 Å². The van der Waals surface area contributed by atoms with E-state index >= 15 is 0 Å². The van der Waals surface area contributed by atoms with Gasteiger partial charge < -0.3 is 21.1 Å². The Morgan fingerprint density at radius 3 is 2.55 bits per heavy atom. The first-order valence-electron chi connectivity index (χ1n) is 11.7. The van der Waals surface area contributed by atoms with Crippen LogP contribution in [-0.4, -0.2) is 30.6 Å². The van der Waals surface area contributed by atoms with E-state index in [9.17, 15) is 21.9 Å². The summed E-state index contributed by atoms with van der Waals surface area (Å²) in [7, 11) is -4.92. The number of hydrogen-bond donors (Lipinski definition) is 3. The quantitative estimate of drug-likeness (QED) is 0.167. The van der Waals surface area contributed by atoms with Crippen molar-refractivity contribution in [3.8, 4) is 16.9 Å². The molecule has 1 heterocycles. The number of hydrogen-bond acceptors (Lipinski definition) is 7. The number of nitrogens with two attached hydrogens (primary N) is 1. The highest BCUT2D eigenvalue weighted by Gasteiger charge is 2.14. The van der Waals surface area contributed by atoms with Gasteiger partial charge in [-0.1, -0.05) is 47.5 Å². The fourth-order valence-corrected chi connectivity index (χ4v) is 4.48. The van der Waals surface area contributed by atoms with Crippen LogP contribution in [0.25, 0.3) is 11.1 Å². The van der Waals surface area contributed by atoms with Gasteiger partial charge in [-0.15, -0.1) is 3.89 Å². The van der Waals surface area contributed by atoms with Crippen LogP contribution >= 0.6 is 23.2 Å². The number of aryl methyl sites for hydroxylation is 1. The van der Waals surface area contributed by atoms with Crippen LogP contribution in [0.2, 0.25) is 10.0 Å². The van der Waals surface area contributed by atoms with E-state index in [0.717, 1.165) is 12.1 Å². The van der Waals surface area contributed by atoms with Gasteiger partial charge in [-0.25, -0.2) is 9.59 Å². The smallest absolute Gasteiger partial charge is 0.349 e.